The zero-order valence-corrected chi connectivity index (χ0v) is 13.8. The number of carbonyl (C=O) groups is 2. The number of methoxy groups -OCH3 is 1. The van der Waals surface area contributed by atoms with Gasteiger partial charge in [-0.3, -0.25) is 15.0 Å². The second-order valence-electron chi connectivity index (χ2n) is 5.58. The van der Waals surface area contributed by atoms with Gasteiger partial charge in [0.2, 0.25) is 0 Å². The number of hydrogen-bond donors (Lipinski definition) is 1. The zero-order valence-electron chi connectivity index (χ0n) is 13.8. The van der Waals surface area contributed by atoms with Gasteiger partial charge in [-0.05, 0) is 54.8 Å². The SMILES string of the molecule is COc1ccc(/C=C2/C(=O)NN(c3ccccc3)C2=O)c(C)c1C. The van der Waals surface area contributed by atoms with Gasteiger partial charge in [-0.25, -0.2) is 5.01 Å². The molecule has 1 fully saturated rings. The molecule has 24 heavy (non-hydrogen) atoms. The van der Waals surface area contributed by atoms with Gasteiger partial charge in [0.05, 0.1) is 12.8 Å². The van der Waals surface area contributed by atoms with Crippen LogP contribution in [0.15, 0.2) is 48.0 Å². The molecular formula is C19H18N2O3. The minimum absolute atomic E-state index is 0.117. The smallest absolute Gasteiger partial charge is 0.282 e. The molecule has 1 saturated heterocycles. The highest BCUT2D eigenvalue weighted by Crippen LogP contribution is 2.27. The number of rotatable bonds is 3. The number of amides is 2. The van der Waals surface area contributed by atoms with Crippen LogP contribution < -0.4 is 15.2 Å². The summed E-state index contributed by atoms with van der Waals surface area (Å²) in [5.74, 6) is 0.0126. The molecule has 0 radical (unpaired) electrons. The Bertz CT molecular complexity index is 841. The van der Waals surface area contributed by atoms with Gasteiger partial charge >= 0.3 is 0 Å². The van der Waals surface area contributed by atoms with Gasteiger partial charge in [-0.2, -0.15) is 0 Å². The molecule has 1 N–H and O–H groups in total. The average Bonchev–Trinajstić information content (AvgIpc) is 2.88. The van der Waals surface area contributed by atoms with E-state index in [-0.39, 0.29) is 11.5 Å². The Kier molecular flexibility index (Phi) is 4.08. The summed E-state index contributed by atoms with van der Waals surface area (Å²) < 4.78 is 5.29. The van der Waals surface area contributed by atoms with Crippen LogP contribution in [0.25, 0.3) is 6.08 Å². The number of benzene rings is 2. The van der Waals surface area contributed by atoms with E-state index in [9.17, 15) is 9.59 Å². The summed E-state index contributed by atoms with van der Waals surface area (Å²) in [6.07, 6.45) is 1.63. The third-order valence-electron chi connectivity index (χ3n) is 4.20. The Morgan fingerprint density at radius 3 is 2.38 bits per heavy atom. The second kappa shape index (κ2) is 6.20. The quantitative estimate of drug-likeness (QED) is 0.698. The normalized spacial score (nSPS) is 15.8. The first-order chi connectivity index (χ1) is 11.5. The van der Waals surface area contributed by atoms with Crippen LogP contribution in [0.2, 0.25) is 0 Å². The van der Waals surface area contributed by atoms with E-state index in [1.165, 1.54) is 5.01 Å². The van der Waals surface area contributed by atoms with Crippen molar-refractivity contribution in [1.29, 1.82) is 0 Å². The Morgan fingerprint density at radius 1 is 1.00 bits per heavy atom. The fourth-order valence-corrected chi connectivity index (χ4v) is 2.67. The predicted octanol–water partition coefficient (Wildman–Crippen LogP) is 2.77. The maximum atomic E-state index is 12.6. The number of hydrogen-bond acceptors (Lipinski definition) is 3. The van der Waals surface area contributed by atoms with E-state index in [2.05, 4.69) is 5.43 Å². The lowest BCUT2D eigenvalue weighted by atomic mass is 10.00. The molecular weight excluding hydrogens is 304 g/mol. The average molecular weight is 322 g/mol. The first-order valence-electron chi connectivity index (χ1n) is 7.59. The van der Waals surface area contributed by atoms with Crippen molar-refractivity contribution >= 4 is 23.6 Å². The van der Waals surface area contributed by atoms with Crippen molar-refractivity contribution in [1.82, 2.24) is 5.43 Å². The van der Waals surface area contributed by atoms with E-state index < -0.39 is 5.91 Å². The minimum atomic E-state index is -0.406. The lowest BCUT2D eigenvalue weighted by Crippen LogP contribution is -2.35. The summed E-state index contributed by atoms with van der Waals surface area (Å²) in [5.41, 5.74) is 6.12. The molecule has 1 aliphatic rings. The molecule has 0 atom stereocenters. The largest absolute Gasteiger partial charge is 0.496 e. The van der Waals surface area contributed by atoms with Crippen LogP contribution in [-0.4, -0.2) is 18.9 Å². The molecule has 0 unspecified atom stereocenters. The standard InChI is InChI=1S/C19H18N2O3/c1-12-13(2)17(24-3)10-9-14(12)11-16-18(22)20-21(19(16)23)15-7-5-4-6-8-15/h4-11H,1-3H3,(H,20,22)/b16-11-. The van der Waals surface area contributed by atoms with Crippen molar-refractivity contribution in [3.63, 3.8) is 0 Å². The molecule has 2 amide bonds. The zero-order chi connectivity index (χ0) is 17.3. The Labute approximate surface area is 140 Å². The molecule has 122 valence electrons. The van der Waals surface area contributed by atoms with Crippen LogP contribution in [0.3, 0.4) is 0 Å². The van der Waals surface area contributed by atoms with Crippen molar-refractivity contribution in [3.8, 4) is 5.75 Å². The number of ether oxygens (including phenoxy) is 1. The lowest BCUT2D eigenvalue weighted by molar-refractivity contribution is -0.117. The first kappa shape index (κ1) is 15.8. The molecule has 0 bridgehead atoms. The van der Waals surface area contributed by atoms with Gasteiger partial charge in [-0.1, -0.05) is 24.3 Å². The Balaban J connectivity index is 1.98. The van der Waals surface area contributed by atoms with Crippen LogP contribution in [0.4, 0.5) is 5.69 Å². The van der Waals surface area contributed by atoms with Gasteiger partial charge in [0.15, 0.2) is 0 Å². The van der Waals surface area contributed by atoms with Crippen LogP contribution in [0.5, 0.6) is 5.75 Å². The molecule has 3 rings (SSSR count). The monoisotopic (exact) mass is 322 g/mol. The molecule has 1 heterocycles. The minimum Gasteiger partial charge on any atom is -0.496 e. The van der Waals surface area contributed by atoms with E-state index in [4.69, 9.17) is 4.74 Å². The number of nitrogens with zero attached hydrogens (tertiary/aromatic N) is 1. The molecule has 0 aromatic heterocycles. The number of carbonyl (C=O) groups excluding carboxylic acids is 2. The van der Waals surface area contributed by atoms with Gasteiger partial charge < -0.3 is 4.74 Å². The topological polar surface area (TPSA) is 58.6 Å². The highest BCUT2D eigenvalue weighted by molar-refractivity contribution is 6.31. The highest BCUT2D eigenvalue weighted by Gasteiger charge is 2.34. The van der Waals surface area contributed by atoms with E-state index in [0.717, 1.165) is 22.4 Å². The van der Waals surface area contributed by atoms with Gasteiger partial charge in [-0.15, -0.1) is 0 Å². The summed E-state index contributed by atoms with van der Waals surface area (Å²) in [5, 5.41) is 1.26. The van der Waals surface area contributed by atoms with Crippen LogP contribution in [0, 0.1) is 13.8 Å². The van der Waals surface area contributed by atoms with Gasteiger partial charge in [0.25, 0.3) is 11.8 Å². The number of hydrazine groups is 1. The molecule has 2 aromatic carbocycles. The summed E-state index contributed by atoms with van der Waals surface area (Å²) in [4.78, 5) is 24.8. The Morgan fingerprint density at radius 2 is 1.71 bits per heavy atom. The summed E-state index contributed by atoms with van der Waals surface area (Å²) in [6, 6.07) is 12.7. The summed E-state index contributed by atoms with van der Waals surface area (Å²) in [6.45, 7) is 3.89. The van der Waals surface area contributed by atoms with E-state index in [1.807, 2.05) is 44.2 Å². The maximum absolute atomic E-state index is 12.6. The third-order valence-corrected chi connectivity index (χ3v) is 4.20. The maximum Gasteiger partial charge on any atom is 0.282 e. The fourth-order valence-electron chi connectivity index (χ4n) is 2.67. The Hall–Kier alpha value is -3.08. The van der Waals surface area contributed by atoms with Crippen molar-refractivity contribution < 1.29 is 14.3 Å². The van der Waals surface area contributed by atoms with E-state index in [0.29, 0.717) is 5.69 Å². The fraction of sp³-hybridized carbons (Fsp3) is 0.158. The van der Waals surface area contributed by atoms with E-state index in [1.54, 1.807) is 25.3 Å². The molecule has 5 heteroatoms. The van der Waals surface area contributed by atoms with Crippen LogP contribution >= 0.6 is 0 Å². The van der Waals surface area contributed by atoms with Gasteiger partial charge in [0, 0.05) is 0 Å². The van der Waals surface area contributed by atoms with Crippen molar-refractivity contribution in [2.45, 2.75) is 13.8 Å². The van der Waals surface area contributed by atoms with Crippen molar-refractivity contribution in [3.05, 3.63) is 64.7 Å². The number of anilines is 1. The summed E-state index contributed by atoms with van der Waals surface area (Å²) >= 11 is 0. The molecule has 0 spiro atoms. The van der Waals surface area contributed by atoms with Gasteiger partial charge in [0.1, 0.15) is 11.3 Å². The number of para-hydroxylation sites is 1. The molecule has 2 aromatic rings. The lowest BCUT2D eigenvalue weighted by Gasteiger charge is -2.14. The third kappa shape index (κ3) is 2.65. The highest BCUT2D eigenvalue weighted by atomic mass is 16.5. The van der Waals surface area contributed by atoms with Crippen molar-refractivity contribution in [2.24, 2.45) is 0 Å². The predicted molar refractivity (Wildman–Crippen MR) is 92.5 cm³/mol. The molecule has 1 aliphatic heterocycles. The van der Waals surface area contributed by atoms with Crippen LogP contribution in [0.1, 0.15) is 16.7 Å². The van der Waals surface area contributed by atoms with Crippen LogP contribution in [-0.2, 0) is 9.59 Å². The summed E-state index contributed by atoms with van der Waals surface area (Å²) in [7, 11) is 1.62. The second-order valence-corrected chi connectivity index (χ2v) is 5.58. The first-order valence-corrected chi connectivity index (χ1v) is 7.59. The number of nitrogens with one attached hydrogen (secondary N) is 1. The molecule has 0 aliphatic carbocycles. The molecule has 5 nitrogen and oxygen atoms in total. The van der Waals surface area contributed by atoms with Crippen molar-refractivity contribution in [2.75, 3.05) is 12.1 Å². The molecule has 0 saturated carbocycles. The van der Waals surface area contributed by atoms with E-state index >= 15 is 0 Å².